The molecule has 2 aliphatic rings. The van der Waals surface area contributed by atoms with E-state index in [-0.39, 0.29) is 29.4 Å². The topological polar surface area (TPSA) is 79.4 Å². The Balaban J connectivity index is 0.00000265. The van der Waals surface area contributed by atoms with Gasteiger partial charge in [-0.15, -0.1) is 0 Å². The van der Waals surface area contributed by atoms with Gasteiger partial charge in [0.15, 0.2) is 0 Å². The van der Waals surface area contributed by atoms with Crippen LogP contribution in [0.25, 0.3) is 0 Å². The lowest BCUT2D eigenvalue weighted by Gasteiger charge is -2.47. The van der Waals surface area contributed by atoms with E-state index in [1.807, 2.05) is 44.7 Å². The third kappa shape index (κ3) is 8.34. The number of piperidine rings is 1. The highest BCUT2D eigenvalue weighted by atomic mass is 16.5. The van der Waals surface area contributed by atoms with Crippen LogP contribution in [-0.2, 0) is 23.9 Å². The van der Waals surface area contributed by atoms with Crippen LogP contribution in [0, 0.1) is 5.92 Å². The van der Waals surface area contributed by atoms with E-state index < -0.39 is 11.9 Å². The van der Waals surface area contributed by atoms with Crippen molar-refractivity contribution in [2.75, 3.05) is 61.0 Å². The van der Waals surface area contributed by atoms with Crippen molar-refractivity contribution >= 4 is 17.7 Å². The van der Waals surface area contributed by atoms with E-state index in [0.29, 0.717) is 32.5 Å². The van der Waals surface area contributed by atoms with Gasteiger partial charge in [-0.1, -0.05) is 13.8 Å². The van der Waals surface area contributed by atoms with Crippen molar-refractivity contribution in [3.8, 4) is 0 Å². The Hall–Kier alpha value is -1.51. The summed E-state index contributed by atoms with van der Waals surface area (Å²) < 4.78 is 11.4. The standard InChI is InChI=1S/C23H41N3O5.C2H6/c1-18-19(27)8-10-22(2,30-6)9-7-13-25(5)23(17-31-21(18)29)11-14-26(15-12-23)20(28)16-24(3)4;1-2/h18H,7-17H2,1-6H3;1-2H3/t18-,22-;/m1./s1. The zero-order valence-corrected chi connectivity index (χ0v) is 22.2. The van der Waals surface area contributed by atoms with Gasteiger partial charge in [-0.2, -0.15) is 0 Å². The molecule has 2 heterocycles. The summed E-state index contributed by atoms with van der Waals surface area (Å²) >= 11 is 0. The molecule has 192 valence electrons. The average molecular weight is 470 g/mol. The van der Waals surface area contributed by atoms with E-state index in [9.17, 15) is 14.4 Å². The molecule has 0 unspecified atom stereocenters. The molecular weight excluding hydrogens is 422 g/mol. The number of cyclic esters (lactones) is 1. The highest BCUT2D eigenvalue weighted by Crippen LogP contribution is 2.31. The van der Waals surface area contributed by atoms with Crippen molar-refractivity contribution < 1.29 is 23.9 Å². The van der Waals surface area contributed by atoms with Crippen molar-refractivity contribution in [1.29, 1.82) is 0 Å². The summed E-state index contributed by atoms with van der Waals surface area (Å²) in [5.74, 6) is -1.20. The number of carbonyl (C=O) groups is 3. The maximum Gasteiger partial charge on any atom is 0.316 e. The number of esters is 1. The third-order valence-electron chi connectivity index (χ3n) is 7.22. The Morgan fingerprint density at radius 1 is 1.12 bits per heavy atom. The first-order valence-corrected chi connectivity index (χ1v) is 12.4. The monoisotopic (exact) mass is 469 g/mol. The SMILES string of the molecule is CC.CO[C@]1(C)CCCN(C)C2(CCN(C(=O)CN(C)C)CC2)COC(=O)[C@H](C)C(=O)CC1. The van der Waals surface area contributed by atoms with Crippen molar-refractivity contribution in [3.05, 3.63) is 0 Å². The Kier molecular flexibility index (Phi) is 12.0. The van der Waals surface area contributed by atoms with Crippen molar-refractivity contribution in [2.24, 2.45) is 5.92 Å². The molecule has 2 aliphatic heterocycles. The first kappa shape index (κ1) is 29.5. The van der Waals surface area contributed by atoms with Crippen LogP contribution >= 0.6 is 0 Å². The van der Waals surface area contributed by atoms with E-state index in [1.54, 1.807) is 14.0 Å². The number of Topliss-reactive ketones (excluding diaryl/α,β-unsaturated/α-hetero) is 1. The fourth-order valence-corrected chi connectivity index (χ4v) is 4.50. The number of nitrogens with zero attached hydrogens (tertiary/aromatic N) is 3. The van der Waals surface area contributed by atoms with Gasteiger partial charge in [-0.3, -0.25) is 19.3 Å². The molecule has 0 saturated carbocycles. The van der Waals surface area contributed by atoms with Crippen LogP contribution in [-0.4, -0.2) is 105 Å². The summed E-state index contributed by atoms with van der Waals surface area (Å²) in [4.78, 5) is 43.7. The van der Waals surface area contributed by atoms with E-state index in [1.165, 1.54) is 0 Å². The number of methoxy groups -OCH3 is 1. The van der Waals surface area contributed by atoms with E-state index in [4.69, 9.17) is 9.47 Å². The molecule has 0 radical (unpaired) electrons. The minimum absolute atomic E-state index is 0.0981. The van der Waals surface area contributed by atoms with Crippen LogP contribution in [0.1, 0.15) is 66.2 Å². The first-order valence-electron chi connectivity index (χ1n) is 12.4. The Bertz CT molecular complexity index is 646. The number of likely N-dealkylation sites (tertiary alicyclic amines) is 1. The average Bonchev–Trinajstić information content (AvgIpc) is 2.81. The highest BCUT2D eigenvalue weighted by Gasteiger charge is 2.41. The van der Waals surface area contributed by atoms with Crippen molar-refractivity contribution in [2.45, 2.75) is 77.4 Å². The van der Waals surface area contributed by atoms with Crippen molar-refractivity contribution in [3.63, 3.8) is 0 Å². The molecule has 2 atom stereocenters. The van der Waals surface area contributed by atoms with E-state index in [2.05, 4.69) is 11.9 Å². The Morgan fingerprint density at radius 3 is 2.27 bits per heavy atom. The molecule has 0 aromatic heterocycles. The number of hydrogen-bond acceptors (Lipinski definition) is 7. The van der Waals surface area contributed by atoms with Crippen LogP contribution in [0.2, 0.25) is 0 Å². The minimum Gasteiger partial charge on any atom is -0.463 e. The Morgan fingerprint density at radius 2 is 1.73 bits per heavy atom. The summed E-state index contributed by atoms with van der Waals surface area (Å²) in [7, 11) is 7.54. The van der Waals surface area contributed by atoms with Crippen LogP contribution in [0.15, 0.2) is 0 Å². The van der Waals surface area contributed by atoms with Gasteiger partial charge in [0.25, 0.3) is 0 Å². The summed E-state index contributed by atoms with van der Waals surface area (Å²) in [6.07, 6.45) is 4.14. The second-order valence-corrected chi connectivity index (χ2v) is 9.82. The normalized spacial score (nSPS) is 27.7. The molecular formula is C25H47N3O5. The first-order chi connectivity index (χ1) is 15.5. The number of ketones is 1. The van der Waals surface area contributed by atoms with Gasteiger partial charge in [0.2, 0.25) is 5.91 Å². The second-order valence-electron chi connectivity index (χ2n) is 9.82. The summed E-state index contributed by atoms with van der Waals surface area (Å²) in [6, 6.07) is 0. The quantitative estimate of drug-likeness (QED) is 0.464. The van der Waals surface area contributed by atoms with E-state index in [0.717, 1.165) is 32.2 Å². The number of likely N-dealkylation sites (N-methyl/N-ethyl adjacent to an activating group) is 2. The molecule has 33 heavy (non-hydrogen) atoms. The maximum absolute atomic E-state index is 12.6. The number of carbonyl (C=O) groups excluding carboxylic acids is 3. The van der Waals surface area contributed by atoms with Crippen LogP contribution in [0.3, 0.4) is 0 Å². The Labute approximate surface area is 200 Å². The number of rotatable bonds is 3. The van der Waals surface area contributed by atoms with Crippen LogP contribution in [0.5, 0.6) is 0 Å². The van der Waals surface area contributed by atoms with Gasteiger partial charge in [-0.25, -0.2) is 0 Å². The lowest BCUT2D eigenvalue weighted by Crippen LogP contribution is -2.58. The number of hydrogen-bond donors (Lipinski definition) is 0. The fourth-order valence-electron chi connectivity index (χ4n) is 4.50. The molecule has 1 spiro atoms. The zero-order chi connectivity index (χ0) is 25.2. The van der Waals surface area contributed by atoms with Crippen LogP contribution < -0.4 is 0 Å². The molecule has 0 bridgehead atoms. The third-order valence-corrected chi connectivity index (χ3v) is 7.22. The lowest BCUT2D eigenvalue weighted by atomic mass is 9.86. The molecule has 8 nitrogen and oxygen atoms in total. The predicted octanol–water partition coefficient (Wildman–Crippen LogP) is 2.59. The van der Waals surface area contributed by atoms with Crippen LogP contribution in [0.4, 0.5) is 0 Å². The molecule has 0 N–H and O–H groups in total. The van der Waals surface area contributed by atoms with Gasteiger partial charge >= 0.3 is 5.97 Å². The minimum atomic E-state index is -0.772. The number of ether oxygens (including phenoxy) is 2. The maximum atomic E-state index is 12.6. The van der Waals surface area contributed by atoms with E-state index >= 15 is 0 Å². The summed E-state index contributed by atoms with van der Waals surface area (Å²) in [5, 5.41) is 0. The molecule has 0 aliphatic carbocycles. The molecule has 1 amide bonds. The molecule has 8 heteroatoms. The summed E-state index contributed by atoms with van der Waals surface area (Å²) in [5.41, 5.74) is -0.714. The molecule has 0 aromatic carbocycles. The summed E-state index contributed by atoms with van der Waals surface area (Å²) in [6.45, 7) is 10.4. The van der Waals surface area contributed by atoms with Gasteiger partial charge in [0.1, 0.15) is 18.3 Å². The zero-order valence-electron chi connectivity index (χ0n) is 22.2. The molecule has 2 fully saturated rings. The highest BCUT2D eigenvalue weighted by molar-refractivity contribution is 5.98. The van der Waals surface area contributed by atoms with Gasteiger partial charge in [0.05, 0.1) is 17.7 Å². The largest absolute Gasteiger partial charge is 0.463 e. The number of amides is 1. The van der Waals surface area contributed by atoms with Gasteiger partial charge < -0.3 is 19.3 Å². The predicted molar refractivity (Wildman–Crippen MR) is 130 cm³/mol. The van der Waals surface area contributed by atoms with Gasteiger partial charge in [-0.05, 0) is 73.6 Å². The van der Waals surface area contributed by atoms with Crippen molar-refractivity contribution in [1.82, 2.24) is 14.7 Å². The lowest BCUT2D eigenvalue weighted by molar-refractivity contribution is -0.157. The smallest absolute Gasteiger partial charge is 0.316 e. The molecule has 2 saturated heterocycles. The molecule has 2 rings (SSSR count). The molecule has 0 aromatic rings. The second kappa shape index (κ2) is 13.4. The fraction of sp³-hybridized carbons (Fsp3) is 0.880. The van der Waals surface area contributed by atoms with Gasteiger partial charge in [0, 0.05) is 26.6 Å².